The van der Waals surface area contributed by atoms with Crippen LogP contribution in [0.3, 0.4) is 0 Å². The highest BCUT2D eigenvalue weighted by molar-refractivity contribution is 7.91. The Labute approximate surface area is 256 Å². The van der Waals surface area contributed by atoms with Gasteiger partial charge in [0.15, 0.2) is 21.3 Å². The van der Waals surface area contributed by atoms with Crippen LogP contribution < -0.4 is 14.8 Å². The molecule has 0 saturated carbocycles. The van der Waals surface area contributed by atoms with Crippen molar-refractivity contribution in [3.05, 3.63) is 82.7 Å². The van der Waals surface area contributed by atoms with E-state index < -0.39 is 33.7 Å². The number of benzene rings is 3. The first-order chi connectivity index (χ1) is 21.1. The molecular weight excluding hydrogens is 587 g/mol. The first-order valence-electron chi connectivity index (χ1n) is 14.9. The first-order valence-corrected chi connectivity index (χ1v) is 16.5. The van der Waals surface area contributed by atoms with Crippen molar-refractivity contribution in [1.82, 2.24) is 4.90 Å². The number of hydrogen-bond donors (Lipinski definition) is 2. The van der Waals surface area contributed by atoms with E-state index in [4.69, 9.17) is 9.47 Å². The van der Waals surface area contributed by atoms with Crippen molar-refractivity contribution >= 4 is 27.4 Å². The third-order valence-electron chi connectivity index (χ3n) is 8.40. The SMILES string of the molecule is CCCS(=O)(=O)c1ccc([C@H]2[C@H](C(=O)O)[C@@H](c3ccc4c(c3)OCO4)CN2CC(=O)Nc2c(CC)cc(F)cc2CC)cc1. The van der Waals surface area contributed by atoms with Crippen molar-refractivity contribution in [2.75, 3.05) is 31.0 Å². The summed E-state index contributed by atoms with van der Waals surface area (Å²) in [7, 11) is -3.47. The molecule has 1 saturated heterocycles. The van der Waals surface area contributed by atoms with Crippen molar-refractivity contribution in [2.24, 2.45) is 5.92 Å². The van der Waals surface area contributed by atoms with Crippen LogP contribution in [0.5, 0.6) is 11.5 Å². The van der Waals surface area contributed by atoms with Crippen LogP contribution in [0.15, 0.2) is 59.5 Å². The number of carboxylic acid groups (broad SMARTS) is 1. The van der Waals surface area contributed by atoms with Crippen molar-refractivity contribution in [2.45, 2.75) is 56.9 Å². The number of nitrogens with one attached hydrogen (secondary N) is 1. The van der Waals surface area contributed by atoms with Crippen molar-refractivity contribution in [3.63, 3.8) is 0 Å². The molecule has 0 spiro atoms. The zero-order valence-electron chi connectivity index (χ0n) is 25.0. The fourth-order valence-electron chi connectivity index (χ4n) is 6.34. The fraction of sp³-hybridized carbons (Fsp3) is 0.394. The molecule has 0 unspecified atom stereocenters. The van der Waals surface area contributed by atoms with E-state index in [9.17, 15) is 27.5 Å². The molecule has 2 aliphatic rings. The third-order valence-corrected chi connectivity index (χ3v) is 10.3. The molecule has 0 radical (unpaired) electrons. The van der Waals surface area contributed by atoms with E-state index in [0.29, 0.717) is 53.1 Å². The maximum Gasteiger partial charge on any atom is 0.309 e. The molecule has 3 atom stereocenters. The normalized spacial score (nSPS) is 19.7. The number of halogens is 1. The molecule has 0 bridgehead atoms. The van der Waals surface area contributed by atoms with E-state index >= 15 is 0 Å². The molecule has 2 aliphatic heterocycles. The average Bonchev–Trinajstić information content (AvgIpc) is 3.62. The number of amides is 1. The van der Waals surface area contributed by atoms with Crippen LogP contribution in [0.4, 0.5) is 10.1 Å². The van der Waals surface area contributed by atoms with Crippen LogP contribution in [0.25, 0.3) is 0 Å². The second-order valence-electron chi connectivity index (χ2n) is 11.2. The minimum Gasteiger partial charge on any atom is -0.481 e. The van der Waals surface area contributed by atoms with Crippen LogP contribution in [-0.2, 0) is 32.3 Å². The number of sulfone groups is 1. The highest BCUT2D eigenvalue weighted by Crippen LogP contribution is 2.47. The summed E-state index contributed by atoms with van der Waals surface area (Å²) in [5.41, 5.74) is 3.26. The Morgan fingerprint density at radius 3 is 2.20 bits per heavy atom. The van der Waals surface area contributed by atoms with E-state index in [1.165, 1.54) is 24.3 Å². The molecular formula is C33H37FN2O7S. The number of carbonyl (C=O) groups excluding carboxylic acids is 1. The van der Waals surface area contributed by atoms with Crippen LogP contribution in [0.2, 0.25) is 0 Å². The van der Waals surface area contributed by atoms with Crippen LogP contribution in [-0.4, -0.2) is 55.9 Å². The number of anilines is 1. The number of carbonyl (C=O) groups is 2. The van der Waals surface area contributed by atoms with E-state index in [2.05, 4.69) is 5.32 Å². The predicted octanol–water partition coefficient (Wildman–Crippen LogP) is 5.34. The lowest BCUT2D eigenvalue weighted by atomic mass is 9.83. The molecule has 9 nitrogen and oxygen atoms in total. The maximum atomic E-state index is 14.2. The maximum absolute atomic E-state index is 14.2. The Bertz CT molecular complexity index is 1630. The number of nitrogens with zero attached hydrogens (tertiary/aromatic N) is 1. The van der Waals surface area contributed by atoms with Crippen LogP contribution in [0, 0.1) is 11.7 Å². The van der Waals surface area contributed by atoms with Gasteiger partial charge in [-0.15, -0.1) is 0 Å². The average molecular weight is 625 g/mol. The lowest BCUT2D eigenvalue weighted by Gasteiger charge is -2.27. The number of carboxylic acids is 1. The first kappa shape index (κ1) is 31.5. The Balaban J connectivity index is 1.51. The number of ether oxygens (including phenoxy) is 2. The summed E-state index contributed by atoms with van der Waals surface area (Å²) in [5, 5.41) is 13.5. The van der Waals surface area contributed by atoms with Gasteiger partial charge in [0.1, 0.15) is 5.82 Å². The third kappa shape index (κ3) is 6.30. The van der Waals surface area contributed by atoms with Gasteiger partial charge in [0, 0.05) is 24.2 Å². The quantitative estimate of drug-likeness (QED) is 0.293. The summed E-state index contributed by atoms with van der Waals surface area (Å²) < 4.78 is 50.5. The molecule has 2 N–H and O–H groups in total. The van der Waals surface area contributed by atoms with Crippen LogP contribution in [0.1, 0.15) is 61.4 Å². The monoisotopic (exact) mass is 624 g/mol. The highest BCUT2D eigenvalue weighted by Gasteiger charge is 2.48. The van der Waals surface area contributed by atoms with E-state index in [0.717, 1.165) is 5.56 Å². The largest absolute Gasteiger partial charge is 0.481 e. The van der Waals surface area contributed by atoms with Gasteiger partial charge < -0.3 is 19.9 Å². The molecule has 3 aromatic carbocycles. The number of fused-ring (bicyclic) bond motifs is 1. The molecule has 234 valence electrons. The highest BCUT2D eigenvalue weighted by atomic mass is 32.2. The summed E-state index contributed by atoms with van der Waals surface area (Å²) in [4.78, 5) is 28.5. The lowest BCUT2D eigenvalue weighted by molar-refractivity contribution is -0.143. The Morgan fingerprint density at radius 2 is 1.59 bits per heavy atom. The lowest BCUT2D eigenvalue weighted by Crippen LogP contribution is -2.35. The van der Waals surface area contributed by atoms with Crippen molar-refractivity contribution in [1.29, 1.82) is 0 Å². The number of likely N-dealkylation sites (tertiary alicyclic amines) is 1. The van der Waals surface area contributed by atoms with Gasteiger partial charge in [-0.05, 0) is 77.9 Å². The van der Waals surface area contributed by atoms with Gasteiger partial charge in [-0.25, -0.2) is 12.8 Å². The molecule has 0 aromatic heterocycles. The van der Waals surface area contributed by atoms with Gasteiger partial charge in [0.25, 0.3) is 0 Å². The molecule has 2 heterocycles. The Kier molecular flexibility index (Phi) is 9.26. The Morgan fingerprint density at radius 1 is 0.955 bits per heavy atom. The zero-order valence-corrected chi connectivity index (χ0v) is 25.8. The zero-order chi connectivity index (χ0) is 31.6. The summed E-state index contributed by atoms with van der Waals surface area (Å²) in [5.74, 6) is -2.11. The van der Waals surface area contributed by atoms with Gasteiger partial charge in [-0.3, -0.25) is 14.5 Å². The second kappa shape index (κ2) is 13.0. The van der Waals surface area contributed by atoms with E-state index in [-0.39, 0.29) is 42.3 Å². The summed E-state index contributed by atoms with van der Waals surface area (Å²) in [6.07, 6.45) is 1.52. The molecule has 11 heteroatoms. The minimum absolute atomic E-state index is 0.00882. The Hall–Kier alpha value is -3.96. The van der Waals surface area contributed by atoms with Gasteiger partial charge in [0.05, 0.1) is 23.1 Å². The van der Waals surface area contributed by atoms with Crippen LogP contribution >= 0.6 is 0 Å². The number of hydrogen-bond acceptors (Lipinski definition) is 7. The van der Waals surface area contributed by atoms with E-state index in [1.54, 1.807) is 31.2 Å². The molecule has 3 aromatic rings. The second-order valence-corrected chi connectivity index (χ2v) is 13.3. The summed E-state index contributed by atoms with van der Waals surface area (Å²) in [6.45, 7) is 5.76. The topological polar surface area (TPSA) is 122 Å². The van der Waals surface area contributed by atoms with Crippen molar-refractivity contribution < 1.29 is 37.0 Å². The molecule has 5 rings (SSSR count). The number of aliphatic carboxylic acids is 1. The molecule has 44 heavy (non-hydrogen) atoms. The molecule has 0 aliphatic carbocycles. The van der Waals surface area contributed by atoms with Gasteiger partial charge in [0.2, 0.25) is 12.7 Å². The van der Waals surface area contributed by atoms with Crippen molar-refractivity contribution in [3.8, 4) is 11.5 Å². The number of aryl methyl sites for hydroxylation is 2. The standard InChI is InChI=1S/C33H37FN2O7S/c1-4-13-44(40,41)25-10-7-22(8-11-25)32-30(33(38)39)26(23-9-12-27-28(16-23)43-19-42-27)17-36(32)18-29(37)35-31-20(5-2)14-24(34)15-21(31)6-3/h7-12,14-16,26,30,32H,4-6,13,17-19H2,1-3H3,(H,35,37)(H,38,39)/t26-,30-,32+/m1/s1. The van der Waals surface area contributed by atoms with Gasteiger partial charge in [-0.1, -0.05) is 39.0 Å². The fourth-order valence-corrected chi connectivity index (χ4v) is 7.66. The predicted molar refractivity (Wildman–Crippen MR) is 163 cm³/mol. The van der Waals surface area contributed by atoms with Gasteiger partial charge >= 0.3 is 5.97 Å². The van der Waals surface area contributed by atoms with Gasteiger partial charge in [-0.2, -0.15) is 0 Å². The molecule has 1 amide bonds. The smallest absolute Gasteiger partial charge is 0.309 e. The minimum atomic E-state index is -3.47. The van der Waals surface area contributed by atoms with E-state index in [1.807, 2.05) is 24.8 Å². The molecule has 1 fully saturated rings. The number of rotatable bonds is 11. The summed E-state index contributed by atoms with van der Waals surface area (Å²) >= 11 is 0. The summed E-state index contributed by atoms with van der Waals surface area (Å²) in [6, 6.07) is 13.7.